The number of amides is 1. The molecular formula is C28H26ClN3O4. The molecule has 0 saturated heterocycles. The van der Waals surface area contributed by atoms with E-state index in [1.165, 1.54) is 0 Å². The van der Waals surface area contributed by atoms with Crippen molar-refractivity contribution in [3.63, 3.8) is 0 Å². The minimum Gasteiger partial charge on any atom is -0.507 e. The van der Waals surface area contributed by atoms with E-state index in [9.17, 15) is 15.0 Å². The van der Waals surface area contributed by atoms with Gasteiger partial charge in [-0.2, -0.15) is 5.10 Å². The number of phenolic OH excluding ortho intramolecular Hbond substituents is 1. The Morgan fingerprint density at radius 2 is 1.92 bits per heavy atom. The Hall–Kier alpha value is -3.81. The van der Waals surface area contributed by atoms with Crippen LogP contribution in [0.15, 0.2) is 66.7 Å². The molecule has 0 bridgehead atoms. The molecule has 1 atom stereocenters. The first-order valence-corrected chi connectivity index (χ1v) is 12.1. The Balaban J connectivity index is 1.56. The molecule has 1 aliphatic rings. The number of carbonyl (C=O) groups is 1. The number of fused-ring (bicyclic) bond motifs is 1. The van der Waals surface area contributed by atoms with Crippen molar-refractivity contribution in [3.05, 3.63) is 99.7 Å². The van der Waals surface area contributed by atoms with Gasteiger partial charge in [0, 0.05) is 29.3 Å². The van der Waals surface area contributed by atoms with Crippen LogP contribution in [0.4, 0.5) is 0 Å². The van der Waals surface area contributed by atoms with E-state index in [0.29, 0.717) is 52.9 Å². The van der Waals surface area contributed by atoms with Crippen LogP contribution in [0.3, 0.4) is 0 Å². The van der Waals surface area contributed by atoms with Crippen molar-refractivity contribution in [1.29, 1.82) is 0 Å². The highest BCUT2D eigenvalue weighted by Gasteiger charge is 2.42. The van der Waals surface area contributed by atoms with E-state index in [1.807, 2.05) is 61.5 Å². The lowest BCUT2D eigenvalue weighted by Gasteiger charge is -2.26. The number of phenols is 1. The van der Waals surface area contributed by atoms with Gasteiger partial charge in [-0.1, -0.05) is 54.1 Å². The molecule has 3 N–H and O–H groups in total. The fourth-order valence-electron chi connectivity index (χ4n) is 4.59. The first kappa shape index (κ1) is 23.9. The molecule has 5 rings (SSSR count). The van der Waals surface area contributed by atoms with Crippen molar-refractivity contribution in [2.45, 2.75) is 26.0 Å². The first-order chi connectivity index (χ1) is 17.5. The van der Waals surface area contributed by atoms with E-state index < -0.39 is 6.04 Å². The summed E-state index contributed by atoms with van der Waals surface area (Å²) in [6.07, 6.45) is 0.432. The molecule has 1 unspecified atom stereocenters. The van der Waals surface area contributed by atoms with E-state index >= 15 is 0 Å². The second-order valence-corrected chi connectivity index (χ2v) is 9.21. The highest BCUT2D eigenvalue weighted by atomic mass is 35.5. The number of aromatic nitrogens is 2. The topological polar surface area (TPSA) is 98.7 Å². The molecule has 0 fully saturated rings. The highest BCUT2D eigenvalue weighted by molar-refractivity contribution is 6.31. The standard InChI is InChI=1S/C28H26ClN3O4/c1-17-13-23(34)21(15-22(17)29)25-24-26(31-30-25)28(35)32(11-6-12-33)27(24)19-9-5-10-20(14-19)36-16-18-7-3-2-4-8-18/h2-5,7-10,13-15,27,33-34H,6,11-12,16H2,1H3,(H,30,31). The summed E-state index contributed by atoms with van der Waals surface area (Å²) in [5.74, 6) is 0.493. The number of aromatic amines is 1. The lowest BCUT2D eigenvalue weighted by Crippen LogP contribution is -2.31. The number of hydrogen-bond donors (Lipinski definition) is 3. The molecule has 8 heteroatoms. The van der Waals surface area contributed by atoms with Gasteiger partial charge in [-0.15, -0.1) is 0 Å². The number of hydrogen-bond acceptors (Lipinski definition) is 5. The summed E-state index contributed by atoms with van der Waals surface area (Å²) in [6.45, 7) is 2.55. The number of benzene rings is 3. The molecule has 1 amide bonds. The smallest absolute Gasteiger partial charge is 0.273 e. The van der Waals surface area contributed by atoms with Crippen molar-refractivity contribution < 1.29 is 19.7 Å². The van der Waals surface area contributed by atoms with Gasteiger partial charge < -0.3 is 19.8 Å². The Kier molecular flexibility index (Phi) is 6.67. The zero-order chi connectivity index (χ0) is 25.2. The summed E-state index contributed by atoms with van der Waals surface area (Å²) in [5.41, 5.74) is 4.56. The first-order valence-electron chi connectivity index (χ1n) is 11.7. The van der Waals surface area contributed by atoms with Gasteiger partial charge in [0.2, 0.25) is 0 Å². The molecule has 36 heavy (non-hydrogen) atoms. The zero-order valence-corrected chi connectivity index (χ0v) is 20.5. The largest absolute Gasteiger partial charge is 0.507 e. The normalized spacial score (nSPS) is 14.8. The number of aliphatic hydroxyl groups excluding tert-OH is 1. The second kappa shape index (κ2) is 10.0. The minimum atomic E-state index is -0.479. The quantitative estimate of drug-likeness (QED) is 0.305. The number of nitrogens with zero attached hydrogens (tertiary/aromatic N) is 2. The maximum absolute atomic E-state index is 13.4. The lowest BCUT2D eigenvalue weighted by atomic mass is 9.95. The molecule has 2 heterocycles. The van der Waals surface area contributed by atoms with Crippen LogP contribution in [0.2, 0.25) is 5.02 Å². The Morgan fingerprint density at radius 3 is 2.69 bits per heavy atom. The zero-order valence-electron chi connectivity index (χ0n) is 19.7. The van der Waals surface area contributed by atoms with E-state index in [2.05, 4.69) is 10.2 Å². The number of carbonyl (C=O) groups excluding carboxylic acids is 1. The summed E-state index contributed by atoms with van der Waals surface area (Å²) >= 11 is 6.37. The molecule has 1 aliphatic heterocycles. The number of H-pyrrole nitrogens is 1. The monoisotopic (exact) mass is 503 g/mol. The summed E-state index contributed by atoms with van der Waals surface area (Å²) < 4.78 is 6.04. The third-order valence-corrected chi connectivity index (χ3v) is 6.78. The summed E-state index contributed by atoms with van der Waals surface area (Å²) in [5, 5.41) is 27.9. The molecule has 3 aromatic carbocycles. The fourth-order valence-corrected chi connectivity index (χ4v) is 4.76. The van der Waals surface area contributed by atoms with Gasteiger partial charge in [0.05, 0.1) is 6.04 Å². The molecule has 0 saturated carbocycles. The average molecular weight is 504 g/mol. The van der Waals surface area contributed by atoms with Crippen molar-refractivity contribution in [2.75, 3.05) is 13.2 Å². The van der Waals surface area contributed by atoms with Crippen LogP contribution in [-0.2, 0) is 6.61 Å². The predicted octanol–water partition coefficient (Wildman–Crippen LogP) is 5.25. The van der Waals surface area contributed by atoms with Crippen molar-refractivity contribution in [3.8, 4) is 22.8 Å². The molecule has 0 spiro atoms. The fraction of sp³-hybridized carbons (Fsp3) is 0.214. The number of ether oxygens (including phenoxy) is 1. The van der Waals surface area contributed by atoms with Gasteiger partial charge in [0.25, 0.3) is 5.91 Å². The van der Waals surface area contributed by atoms with Crippen LogP contribution in [0.1, 0.15) is 45.2 Å². The van der Waals surface area contributed by atoms with Crippen LogP contribution in [-0.4, -0.2) is 44.4 Å². The molecular weight excluding hydrogens is 478 g/mol. The molecule has 0 aliphatic carbocycles. The van der Waals surface area contributed by atoms with Gasteiger partial charge in [-0.25, -0.2) is 0 Å². The number of rotatable bonds is 8. The van der Waals surface area contributed by atoms with Crippen LogP contribution < -0.4 is 4.74 Å². The second-order valence-electron chi connectivity index (χ2n) is 8.80. The molecule has 184 valence electrons. The number of aromatic hydroxyl groups is 1. The van der Waals surface area contributed by atoms with Gasteiger partial charge in [0.1, 0.15) is 29.5 Å². The number of aliphatic hydroxyl groups is 1. The number of aryl methyl sites for hydroxylation is 1. The molecule has 1 aromatic heterocycles. The number of nitrogens with one attached hydrogen (secondary N) is 1. The molecule has 7 nitrogen and oxygen atoms in total. The van der Waals surface area contributed by atoms with Crippen LogP contribution in [0, 0.1) is 6.92 Å². The molecule has 0 radical (unpaired) electrons. The average Bonchev–Trinajstić information content (AvgIpc) is 3.43. The van der Waals surface area contributed by atoms with Crippen LogP contribution in [0.5, 0.6) is 11.5 Å². The summed E-state index contributed by atoms with van der Waals surface area (Å²) in [6, 6.07) is 20.3. The van der Waals surface area contributed by atoms with Crippen LogP contribution >= 0.6 is 11.6 Å². The Morgan fingerprint density at radius 1 is 1.11 bits per heavy atom. The third kappa shape index (κ3) is 4.43. The van der Waals surface area contributed by atoms with Crippen molar-refractivity contribution in [1.82, 2.24) is 15.1 Å². The predicted molar refractivity (Wildman–Crippen MR) is 137 cm³/mol. The van der Waals surface area contributed by atoms with Crippen LogP contribution in [0.25, 0.3) is 11.3 Å². The van der Waals surface area contributed by atoms with Gasteiger partial charge in [0.15, 0.2) is 0 Å². The Labute approximate surface area is 213 Å². The summed E-state index contributed by atoms with van der Waals surface area (Å²) in [7, 11) is 0. The maximum atomic E-state index is 13.4. The van der Waals surface area contributed by atoms with E-state index in [1.54, 1.807) is 17.0 Å². The van der Waals surface area contributed by atoms with Gasteiger partial charge >= 0.3 is 0 Å². The van der Waals surface area contributed by atoms with Crippen molar-refractivity contribution >= 4 is 17.5 Å². The van der Waals surface area contributed by atoms with Crippen molar-refractivity contribution in [2.24, 2.45) is 0 Å². The molecule has 4 aromatic rings. The Bertz CT molecular complexity index is 1400. The summed E-state index contributed by atoms with van der Waals surface area (Å²) in [4.78, 5) is 15.1. The maximum Gasteiger partial charge on any atom is 0.273 e. The lowest BCUT2D eigenvalue weighted by molar-refractivity contribution is 0.0732. The third-order valence-electron chi connectivity index (χ3n) is 6.38. The van der Waals surface area contributed by atoms with E-state index in [4.69, 9.17) is 16.3 Å². The minimum absolute atomic E-state index is 0.0335. The van der Waals surface area contributed by atoms with E-state index in [-0.39, 0.29) is 18.3 Å². The highest BCUT2D eigenvalue weighted by Crippen LogP contribution is 2.45. The van der Waals surface area contributed by atoms with Gasteiger partial charge in [-0.05, 0) is 54.3 Å². The van der Waals surface area contributed by atoms with E-state index in [0.717, 1.165) is 16.7 Å². The van der Waals surface area contributed by atoms with Gasteiger partial charge in [-0.3, -0.25) is 9.89 Å². The number of halogens is 1. The SMILES string of the molecule is Cc1cc(O)c(-c2n[nH]c3c2C(c2cccc(OCc4ccccc4)c2)N(CCCO)C3=O)cc1Cl.